The zero-order valence-electron chi connectivity index (χ0n) is 20.1. The molecule has 36 heavy (non-hydrogen) atoms. The lowest BCUT2D eigenvalue weighted by molar-refractivity contribution is -0.131. The molecule has 0 radical (unpaired) electrons. The van der Waals surface area contributed by atoms with Crippen LogP contribution in [0.4, 0.5) is 5.69 Å². The minimum Gasteiger partial charge on any atom is -0.353 e. The van der Waals surface area contributed by atoms with E-state index in [2.05, 4.69) is 10.6 Å². The Morgan fingerprint density at radius 3 is 2.11 bits per heavy atom. The molecule has 0 spiro atoms. The zero-order valence-corrected chi connectivity index (χ0v) is 22.4. The molecule has 0 bridgehead atoms. The van der Waals surface area contributed by atoms with E-state index in [-0.39, 0.29) is 23.4 Å². The van der Waals surface area contributed by atoms with E-state index in [1.807, 2.05) is 55.5 Å². The van der Waals surface area contributed by atoms with E-state index in [0.717, 1.165) is 36.8 Å². The van der Waals surface area contributed by atoms with Crippen molar-refractivity contribution in [2.24, 2.45) is 5.41 Å². The molecule has 7 heteroatoms. The van der Waals surface area contributed by atoms with Crippen LogP contribution in [-0.4, -0.2) is 17.9 Å². The number of hydrogen-bond acceptors (Lipinski definition) is 2. The molecule has 0 heterocycles. The molecule has 1 unspecified atom stereocenters. The van der Waals surface area contributed by atoms with Gasteiger partial charge in [0.05, 0.1) is 21.0 Å². The number of amides is 2. The van der Waals surface area contributed by atoms with Crippen molar-refractivity contribution in [2.45, 2.75) is 51.5 Å². The summed E-state index contributed by atoms with van der Waals surface area (Å²) in [7, 11) is 0. The van der Waals surface area contributed by atoms with Crippen LogP contribution in [0.15, 0.2) is 66.7 Å². The summed E-state index contributed by atoms with van der Waals surface area (Å²) in [6, 6.07) is 20.3. The van der Waals surface area contributed by atoms with Gasteiger partial charge in [-0.1, -0.05) is 84.0 Å². The Morgan fingerprint density at radius 2 is 1.47 bits per heavy atom. The second kappa shape index (κ2) is 11.7. The maximum absolute atomic E-state index is 13.4. The van der Waals surface area contributed by atoms with E-state index in [0.29, 0.717) is 33.6 Å². The molecule has 1 fully saturated rings. The summed E-state index contributed by atoms with van der Waals surface area (Å²) in [5, 5.41) is 7.40. The first kappa shape index (κ1) is 26.5. The number of anilines is 1. The van der Waals surface area contributed by atoms with E-state index in [4.69, 9.17) is 34.8 Å². The Hall–Kier alpha value is -2.53. The van der Waals surface area contributed by atoms with Gasteiger partial charge in [-0.25, -0.2) is 0 Å². The van der Waals surface area contributed by atoms with Crippen LogP contribution in [0.3, 0.4) is 0 Å². The van der Waals surface area contributed by atoms with Crippen LogP contribution in [0.5, 0.6) is 0 Å². The van der Waals surface area contributed by atoms with E-state index < -0.39 is 5.41 Å². The average Bonchev–Trinajstić information content (AvgIpc) is 3.32. The highest BCUT2D eigenvalue weighted by molar-refractivity contribution is 6.40. The standard InChI is InChI=1S/C29H29Cl3N2O2/c1-19(33-28(36)29(15-4-5-16-29)18-21-7-2-3-8-23(21)30)17-20-11-13-22(14-12-20)34-27(35)26-24(31)9-6-10-25(26)32/h2-3,6-14,19H,4-5,15-18H2,1H3,(H,33,36)(H,34,35). The number of carbonyl (C=O) groups excluding carboxylic acids is 2. The third-order valence-corrected chi connectivity index (χ3v) is 7.85. The zero-order chi connectivity index (χ0) is 25.7. The van der Waals surface area contributed by atoms with Crippen LogP contribution in [0, 0.1) is 5.41 Å². The van der Waals surface area contributed by atoms with Crippen molar-refractivity contribution in [2.75, 3.05) is 5.32 Å². The molecular formula is C29H29Cl3N2O2. The fraction of sp³-hybridized carbons (Fsp3) is 0.310. The van der Waals surface area contributed by atoms with Gasteiger partial charge in [0.25, 0.3) is 5.91 Å². The normalized spacial score (nSPS) is 15.3. The fourth-order valence-corrected chi connectivity index (χ4v) is 5.73. The van der Waals surface area contributed by atoms with E-state index in [1.54, 1.807) is 18.2 Å². The number of benzene rings is 3. The second-order valence-corrected chi connectivity index (χ2v) is 10.8. The van der Waals surface area contributed by atoms with Crippen LogP contribution in [0.1, 0.15) is 54.1 Å². The van der Waals surface area contributed by atoms with Gasteiger partial charge in [-0.05, 0) is 74.1 Å². The lowest BCUT2D eigenvalue weighted by Crippen LogP contribution is -2.45. The molecule has 0 aromatic heterocycles. The molecule has 1 aliphatic rings. The molecule has 0 aliphatic heterocycles. The maximum Gasteiger partial charge on any atom is 0.258 e. The summed E-state index contributed by atoms with van der Waals surface area (Å²) in [4.78, 5) is 26.0. The molecule has 2 N–H and O–H groups in total. The summed E-state index contributed by atoms with van der Waals surface area (Å²) in [6.07, 6.45) is 5.20. The number of rotatable bonds is 8. The van der Waals surface area contributed by atoms with Gasteiger partial charge >= 0.3 is 0 Å². The summed E-state index contributed by atoms with van der Waals surface area (Å²) in [5.41, 5.74) is 2.57. The molecule has 4 nitrogen and oxygen atoms in total. The monoisotopic (exact) mass is 542 g/mol. The number of halogens is 3. The first-order valence-electron chi connectivity index (χ1n) is 12.2. The van der Waals surface area contributed by atoms with Crippen LogP contribution in [0.2, 0.25) is 15.1 Å². The molecule has 3 aromatic rings. The van der Waals surface area contributed by atoms with Crippen LogP contribution in [-0.2, 0) is 17.6 Å². The van der Waals surface area contributed by atoms with Crippen molar-refractivity contribution in [3.05, 3.63) is 98.5 Å². The van der Waals surface area contributed by atoms with E-state index >= 15 is 0 Å². The third-order valence-electron chi connectivity index (χ3n) is 6.85. The highest BCUT2D eigenvalue weighted by Gasteiger charge is 2.41. The van der Waals surface area contributed by atoms with Crippen LogP contribution < -0.4 is 10.6 Å². The largest absolute Gasteiger partial charge is 0.353 e. The summed E-state index contributed by atoms with van der Waals surface area (Å²) in [6.45, 7) is 2.02. The Labute approximate surface area is 227 Å². The van der Waals surface area contributed by atoms with Gasteiger partial charge in [0, 0.05) is 16.8 Å². The lowest BCUT2D eigenvalue weighted by Gasteiger charge is -2.30. The number of carbonyl (C=O) groups is 2. The number of nitrogens with one attached hydrogen (secondary N) is 2. The summed E-state index contributed by atoms with van der Waals surface area (Å²) < 4.78 is 0. The smallest absolute Gasteiger partial charge is 0.258 e. The highest BCUT2D eigenvalue weighted by atomic mass is 35.5. The topological polar surface area (TPSA) is 58.2 Å². The fourth-order valence-electron chi connectivity index (χ4n) is 4.96. The van der Waals surface area contributed by atoms with Gasteiger partial charge in [0.15, 0.2) is 0 Å². The molecule has 3 aromatic carbocycles. The van der Waals surface area contributed by atoms with Crippen molar-refractivity contribution >= 4 is 52.3 Å². The molecule has 1 aliphatic carbocycles. The predicted octanol–water partition coefficient (Wildman–Crippen LogP) is 7.75. The third kappa shape index (κ3) is 6.23. The van der Waals surface area contributed by atoms with Crippen molar-refractivity contribution in [1.82, 2.24) is 5.32 Å². The predicted molar refractivity (Wildman–Crippen MR) is 148 cm³/mol. The van der Waals surface area contributed by atoms with Crippen LogP contribution >= 0.6 is 34.8 Å². The Morgan fingerprint density at radius 1 is 0.861 bits per heavy atom. The van der Waals surface area contributed by atoms with Crippen molar-refractivity contribution in [3.8, 4) is 0 Å². The first-order valence-corrected chi connectivity index (χ1v) is 13.3. The summed E-state index contributed by atoms with van der Waals surface area (Å²) >= 11 is 18.7. The molecule has 1 saturated carbocycles. The minimum absolute atomic E-state index is 0.0383. The molecule has 188 valence electrons. The Kier molecular flexibility index (Phi) is 8.61. The Bertz CT molecular complexity index is 1220. The summed E-state index contributed by atoms with van der Waals surface area (Å²) in [5.74, 6) is -0.257. The Balaban J connectivity index is 1.36. The lowest BCUT2D eigenvalue weighted by atomic mass is 9.78. The van der Waals surface area contributed by atoms with Gasteiger partial charge < -0.3 is 10.6 Å². The second-order valence-electron chi connectivity index (χ2n) is 9.58. The first-order chi connectivity index (χ1) is 17.3. The maximum atomic E-state index is 13.4. The van der Waals surface area contributed by atoms with Gasteiger partial charge in [-0.2, -0.15) is 0 Å². The molecule has 4 rings (SSSR count). The van der Waals surface area contributed by atoms with Gasteiger partial charge in [-0.3, -0.25) is 9.59 Å². The van der Waals surface area contributed by atoms with E-state index in [1.165, 1.54) is 0 Å². The quantitative estimate of drug-likeness (QED) is 0.305. The van der Waals surface area contributed by atoms with Crippen molar-refractivity contribution in [1.29, 1.82) is 0 Å². The van der Waals surface area contributed by atoms with Crippen LogP contribution in [0.25, 0.3) is 0 Å². The average molecular weight is 544 g/mol. The minimum atomic E-state index is -0.409. The molecule has 1 atom stereocenters. The van der Waals surface area contributed by atoms with Crippen molar-refractivity contribution < 1.29 is 9.59 Å². The number of hydrogen-bond donors (Lipinski definition) is 2. The SMILES string of the molecule is CC(Cc1ccc(NC(=O)c2c(Cl)cccc2Cl)cc1)NC(=O)C1(Cc2ccccc2Cl)CCCC1. The van der Waals surface area contributed by atoms with Gasteiger partial charge in [-0.15, -0.1) is 0 Å². The highest BCUT2D eigenvalue weighted by Crippen LogP contribution is 2.42. The van der Waals surface area contributed by atoms with Gasteiger partial charge in [0.1, 0.15) is 0 Å². The molecular weight excluding hydrogens is 515 g/mol. The molecule has 2 amide bonds. The van der Waals surface area contributed by atoms with E-state index in [9.17, 15) is 9.59 Å². The molecule has 0 saturated heterocycles. The van der Waals surface area contributed by atoms with Crippen molar-refractivity contribution in [3.63, 3.8) is 0 Å². The van der Waals surface area contributed by atoms with Gasteiger partial charge in [0.2, 0.25) is 5.91 Å².